The molecule has 1 unspecified atom stereocenters. The van der Waals surface area contributed by atoms with Crippen molar-refractivity contribution < 1.29 is 4.42 Å². The molecule has 0 amide bonds. The van der Waals surface area contributed by atoms with Gasteiger partial charge in [0.05, 0.1) is 6.04 Å². The summed E-state index contributed by atoms with van der Waals surface area (Å²) in [6.45, 7) is 2.96. The summed E-state index contributed by atoms with van der Waals surface area (Å²) in [5.41, 5.74) is 0.920. The number of benzene rings is 1. The Bertz CT molecular complexity index is 668. The summed E-state index contributed by atoms with van der Waals surface area (Å²) in [6, 6.07) is 10.3. The molecule has 104 valence electrons. The van der Waals surface area contributed by atoms with Crippen LogP contribution in [-0.4, -0.2) is 21.3 Å². The molecule has 0 fully saturated rings. The summed E-state index contributed by atoms with van der Waals surface area (Å²) in [6.07, 6.45) is 2.33. The number of fused-ring (bicyclic) bond motifs is 1. The van der Waals surface area contributed by atoms with Crippen molar-refractivity contribution >= 4 is 11.0 Å². The molecule has 0 saturated heterocycles. The number of nitrogens with zero attached hydrogens (tertiary/aromatic N) is 3. The largest absolute Gasteiger partial charge is 0.459 e. The van der Waals surface area contributed by atoms with Gasteiger partial charge in [-0.15, -0.1) is 0 Å². The van der Waals surface area contributed by atoms with Crippen LogP contribution in [0.5, 0.6) is 0 Å². The van der Waals surface area contributed by atoms with Gasteiger partial charge >= 0.3 is 0 Å². The monoisotopic (exact) mass is 270 g/mol. The highest BCUT2D eigenvalue weighted by atomic mass is 16.3. The van der Waals surface area contributed by atoms with Gasteiger partial charge in [-0.05, 0) is 18.7 Å². The van der Waals surface area contributed by atoms with E-state index >= 15 is 0 Å². The first-order chi connectivity index (χ1) is 9.78. The van der Waals surface area contributed by atoms with Crippen molar-refractivity contribution in [1.82, 2.24) is 20.1 Å². The molecule has 0 radical (unpaired) electrons. The molecule has 5 heteroatoms. The number of hydrogen-bond acceptors (Lipinski definition) is 4. The lowest BCUT2D eigenvalue weighted by atomic mass is 10.1. The third-order valence-electron chi connectivity index (χ3n) is 3.43. The van der Waals surface area contributed by atoms with E-state index in [0.29, 0.717) is 0 Å². The molecular weight excluding hydrogens is 252 g/mol. The molecule has 2 heterocycles. The maximum absolute atomic E-state index is 5.95. The zero-order valence-corrected chi connectivity index (χ0v) is 11.7. The lowest BCUT2D eigenvalue weighted by molar-refractivity contribution is 0.424. The molecule has 0 aliphatic rings. The minimum absolute atomic E-state index is 0.107. The highest BCUT2D eigenvalue weighted by molar-refractivity contribution is 5.77. The van der Waals surface area contributed by atoms with E-state index in [0.717, 1.165) is 35.5 Å². The summed E-state index contributed by atoms with van der Waals surface area (Å²) in [7, 11) is 1.91. The van der Waals surface area contributed by atoms with Crippen LogP contribution in [0.4, 0.5) is 0 Å². The second kappa shape index (κ2) is 5.46. The van der Waals surface area contributed by atoms with Crippen LogP contribution in [0.3, 0.4) is 0 Å². The summed E-state index contributed by atoms with van der Waals surface area (Å²) in [5.74, 6) is 1.88. The van der Waals surface area contributed by atoms with E-state index in [1.54, 1.807) is 11.0 Å². The number of para-hydroxylation sites is 1. The fourth-order valence-electron chi connectivity index (χ4n) is 2.38. The van der Waals surface area contributed by atoms with Crippen LogP contribution >= 0.6 is 0 Å². The highest BCUT2D eigenvalue weighted by Crippen LogP contribution is 2.25. The number of furan rings is 1. The first-order valence-electron chi connectivity index (χ1n) is 6.82. The van der Waals surface area contributed by atoms with Crippen molar-refractivity contribution in [2.24, 2.45) is 7.05 Å². The zero-order valence-electron chi connectivity index (χ0n) is 11.7. The second-order valence-corrected chi connectivity index (χ2v) is 4.80. The predicted octanol–water partition coefficient (Wildman–Crippen LogP) is 2.45. The zero-order chi connectivity index (χ0) is 13.9. The molecule has 0 aliphatic heterocycles. The standard InChI is InChI=1S/C15H18N4O/c1-3-16-12(9-15-17-10-18-19(15)2)14-8-11-6-4-5-7-13(11)20-14/h4-8,10,12,16H,3,9H2,1-2H3. The molecule has 0 aliphatic carbocycles. The Morgan fingerprint density at radius 1 is 1.35 bits per heavy atom. The van der Waals surface area contributed by atoms with Gasteiger partial charge in [-0.1, -0.05) is 25.1 Å². The van der Waals surface area contributed by atoms with Gasteiger partial charge in [-0.25, -0.2) is 4.98 Å². The molecule has 0 saturated carbocycles. The number of nitrogens with one attached hydrogen (secondary N) is 1. The molecule has 0 spiro atoms. The molecule has 0 bridgehead atoms. The van der Waals surface area contributed by atoms with Crippen molar-refractivity contribution in [3.8, 4) is 0 Å². The van der Waals surface area contributed by atoms with Gasteiger partial charge in [0.15, 0.2) is 0 Å². The fourth-order valence-corrected chi connectivity index (χ4v) is 2.38. The topological polar surface area (TPSA) is 55.9 Å². The number of aromatic nitrogens is 3. The third-order valence-corrected chi connectivity index (χ3v) is 3.43. The Morgan fingerprint density at radius 2 is 2.20 bits per heavy atom. The minimum atomic E-state index is 0.107. The minimum Gasteiger partial charge on any atom is -0.459 e. The summed E-state index contributed by atoms with van der Waals surface area (Å²) in [5, 5.41) is 8.69. The van der Waals surface area contributed by atoms with Crippen LogP contribution in [0, 0.1) is 0 Å². The van der Waals surface area contributed by atoms with Gasteiger partial charge in [-0.3, -0.25) is 4.68 Å². The van der Waals surface area contributed by atoms with Crippen LogP contribution in [0.25, 0.3) is 11.0 Å². The Hall–Kier alpha value is -2.14. The average molecular weight is 270 g/mol. The average Bonchev–Trinajstić information content (AvgIpc) is 3.04. The van der Waals surface area contributed by atoms with E-state index in [1.165, 1.54) is 0 Å². The van der Waals surface area contributed by atoms with E-state index < -0.39 is 0 Å². The Balaban J connectivity index is 1.91. The Kier molecular flexibility index (Phi) is 3.52. The van der Waals surface area contributed by atoms with Crippen molar-refractivity contribution in [1.29, 1.82) is 0 Å². The smallest absolute Gasteiger partial charge is 0.138 e. The summed E-state index contributed by atoms with van der Waals surface area (Å²) in [4.78, 5) is 4.29. The van der Waals surface area contributed by atoms with Gasteiger partial charge < -0.3 is 9.73 Å². The van der Waals surface area contributed by atoms with Crippen molar-refractivity contribution in [3.63, 3.8) is 0 Å². The van der Waals surface area contributed by atoms with E-state index in [1.807, 2.05) is 25.2 Å². The van der Waals surface area contributed by atoms with Gasteiger partial charge in [0, 0.05) is 18.9 Å². The number of aryl methyl sites for hydroxylation is 1. The lowest BCUT2D eigenvalue weighted by Crippen LogP contribution is -2.23. The van der Waals surface area contributed by atoms with Gasteiger partial charge in [0.25, 0.3) is 0 Å². The molecule has 20 heavy (non-hydrogen) atoms. The first-order valence-corrected chi connectivity index (χ1v) is 6.82. The lowest BCUT2D eigenvalue weighted by Gasteiger charge is -2.14. The van der Waals surface area contributed by atoms with Crippen LogP contribution in [0.2, 0.25) is 0 Å². The highest BCUT2D eigenvalue weighted by Gasteiger charge is 2.18. The van der Waals surface area contributed by atoms with Crippen molar-refractivity contribution in [2.45, 2.75) is 19.4 Å². The molecule has 3 rings (SSSR count). The quantitative estimate of drug-likeness (QED) is 0.773. The van der Waals surface area contributed by atoms with Crippen LogP contribution < -0.4 is 5.32 Å². The van der Waals surface area contributed by atoms with E-state index in [-0.39, 0.29) is 6.04 Å². The number of rotatable bonds is 5. The van der Waals surface area contributed by atoms with Crippen molar-refractivity contribution in [3.05, 3.63) is 48.2 Å². The van der Waals surface area contributed by atoms with Crippen LogP contribution in [0.1, 0.15) is 24.6 Å². The van der Waals surface area contributed by atoms with Crippen LogP contribution in [-0.2, 0) is 13.5 Å². The second-order valence-electron chi connectivity index (χ2n) is 4.80. The molecule has 2 aromatic heterocycles. The first kappa shape index (κ1) is 12.9. The van der Waals surface area contributed by atoms with Gasteiger partial charge in [-0.2, -0.15) is 5.10 Å². The van der Waals surface area contributed by atoms with E-state index in [4.69, 9.17) is 4.42 Å². The van der Waals surface area contributed by atoms with Gasteiger partial charge in [0.1, 0.15) is 23.5 Å². The molecule has 1 aromatic carbocycles. The van der Waals surface area contributed by atoms with Crippen LogP contribution in [0.15, 0.2) is 41.1 Å². The maximum atomic E-state index is 5.95. The SMILES string of the molecule is CCNC(Cc1ncnn1C)c1cc2ccccc2o1. The van der Waals surface area contributed by atoms with E-state index in [9.17, 15) is 0 Å². The molecular formula is C15H18N4O. The predicted molar refractivity (Wildman–Crippen MR) is 77.3 cm³/mol. The molecule has 1 N–H and O–H groups in total. The van der Waals surface area contributed by atoms with Gasteiger partial charge in [0.2, 0.25) is 0 Å². The summed E-state index contributed by atoms with van der Waals surface area (Å²) < 4.78 is 7.75. The molecule has 3 aromatic rings. The van der Waals surface area contributed by atoms with Crippen molar-refractivity contribution in [2.75, 3.05) is 6.54 Å². The molecule has 5 nitrogen and oxygen atoms in total. The Morgan fingerprint density at radius 3 is 2.90 bits per heavy atom. The number of likely N-dealkylation sites (N-methyl/N-ethyl adjacent to an activating group) is 1. The Labute approximate surface area is 117 Å². The van der Waals surface area contributed by atoms with E-state index in [2.05, 4.69) is 34.5 Å². The maximum Gasteiger partial charge on any atom is 0.138 e. The fraction of sp³-hybridized carbons (Fsp3) is 0.333. The normalized spacial score (nSPS) is 12.9. The summed E-state index contributed by atoms with van der Waals surface area (Å²) >= 11 is 0. The third kappa shape index (κ3) is 2.44. The molecule has 1 atom stereocenters. The number of hydrogen-bond donors (Lipinski definition) is 1.